The number of phenols is 1. The summed E-state index contributed by atoms with van der Waals surface area (Å²) < 4.78 is 4.39. The Morgan fingerprint density at radius 1 is 1.50 bits per heavy atom. The van der Waals surface area contributed by atoms with Crippen molar-refractivity contribution in [2.24, 2.45) is 0 Å². The molecule has 20 heavy (non-hydrogen) atoms. The quantitative estimate of drug-likeness (QED) is 0.410. The molecule has 3 N–H and O–H groups in total. The van der Waals surface area contributed by atoms with Crippen LogP contribution in [0, 0.1) is 11.3 Å². The summed E-state index contributed by atoms with van der Waals surface area (Å²) in [5.74, 6) is -1.18. The molecule has 0 fully saturated rings. The Bertz CT molecular complexity index is 575. The van der Waals surface area contributed by atoms with Gasteiger partial charge in [0.2, 0.25) is 0 Å². The summed E-state index contributed by atoms with van der Waals surface area (Å²) >= 11 is 0. The normalized spacial score (nSPS) is 10.3. The smallest absolute Gasteiger partial charge is 0.325 e. The largest absolute Gasteiger partial charge is 0.508 e. The highest BCUT2D eigenvalue weighted by atomic mass is 16.5. The predicted molar refractivity (Wildman–Crippen MR) is 70.5 cm³/mol. The van der Waals surface area contributed by atoms with Gasteiger partial charge in [-0.25, -0.2) is 0 Å². The Balaban J connectivity index is 2.66. The molecule has 0 spiro atoms. The Hall–Kier alpha value is -3.01. The van der Waals surface area contributed by atoms with Gasteiger partial charge in [0.05, 0.1) is 7.11 Å². The number of amides is 1. The SMILES string of the molecule is COC(=O)CN/C=C(/C#N)C(=O)Nc1cccc(O)c1. The van der Waals surface area contributed by atoms with E-state index in [1.807, 2.05) is 0 Å². The number of phenolic OH excluding ortho intramolecular Hbond substituents is 1. The van der Waals surface area contributed by atoms with E-state index in [9.17, 15) is 14.7 Å². The molecule has 0 atom stereocenters. The van der Waals surface area contributed by atoms with Crippen molar-refractivity contribution < 1.29 is 19.4 Å². The molecule has 0 saturated carbocycles. The number of esters is 1. The third kappa shape index (κ3) is 4.70. The fourth-order valence-corrected chi connectivity index (χ4v) is 1.24. The molecule has 0 saturated heterocycles. The van der Waals surface area contributed by atoms with Gasteiger partial charge in [-0.1, -0.05) is 6.07 Å². The van der Waals surface area contributed by atoms with Crippen molar-refractivity contribution in [1.29, 1.82) is 5.26 Å². The molecule has 104 valence electrons. The molecule has 0 aliphatic rings. The van der Waals surface area contributed by atoms with E-state index in [2.05, 4.69) is 15.4 Å². The number of benzene rings is 1. The van der Waals surface area contributed by atoms with E-state index in [1.54, 1.807) is 18.2 Å². The predicted octanol–water partition coefficient (Wildman–Crippen LogP) is 0.501. The number of hydrogen-bond donors (Lipinski definition) is 3. The second-order valence-electron chi connectivity index (χ2n) is 3.63. The number of aromatic hydroxyl groups is 1. The van der Waals surface area contributed by atoms with Gasteiger partial charge in [-0.3, -0.25) is 9.59 Å². The molecular formula is C13H13N3O4. The molecule has 1 amide bonds. The van der Waals surface area contributed by atoms with Crippen LogP contribution in [0.5, 0.6) is 5.75 Å². The molecular weight excluding hydrogens is 262 g/mol. The lowest BCUT2D eigenvalue weighted by atomic mass is 10.2. The number of carbonyl (C=O) groups excluding carboxylic acids is 2. The summed E-state index contributed by atoms with van der Waals surface area (Å²) in [6.45, 7) is -0.152. The van der Waals surface area contributed by atoms with Crippen molar-refractivity contribution in [2.75, 3.05) is 19.0 Å². The molecule has 0 aromatic heterocycles. The number of nitrogens with one attached hydrogen (secondary N) is 2. The molecule has 0 unspecified atom stereocenters. The zero-order valence-electron chi connectivity index (χ0n) is 10.7. The second-order valence-corrected chi connectivity index (χ2v) is 3.63. The molecule has 7 nitrogen and oxygen atoms in total. The number of rotatable bonds is 5. The standard InChI is InChI=1S/C13H13N3O4/c1-20-12(18)8-15-7-9(6-14)13(19)16-10-3-2-4-11(17)5-10/h2-5,7,15,17H,8H2,1H3,(H,16,19)/b9-7-. The Kier molecular flexibility index (Phi) is 5.59. The van der Waals surface area contributed by atoms with Gasteiger partial charge < -0.3 is 20.5 Å². The van der Waals surface area contributed by atoms with E-state index in [-0.39, 0.29) is 17.9 Å². The van der Waals surface area contributed by atoms with Crippen molar-refractivity contribution in [3.05, 3.63) is 36.0 Å². The van der Waals surface area contributed by atoms with E-state index in [4.69, 9.17) is 5.26 Å². The second kappa shape index (κ2) is 7.43. The first-order valence-corrected chi connectivity index (χ1v) is 5.57. The maximum atomic E-state index is 11.8. The third-order valence-electron chi connectivity index (χ3n) is 2.19. The molecule has 0 bridgehead atoms. The number of anilines is 1. The van der Waals surface area contributed by atoms with Gasteiger partial charge >= 0.3 is 5.97 Å². The minimum atomic E-state index is -0.657. The summed E-state index contributed by atoms with van der Waals surface area (Å²) in [5.41, 5.74) is 0.140. The lowest BCUT2D eigenvalue weighted by Crippen LogP contribution is -2.22. The zero-order valence-corrected chi connectivity index (χ0v) is 10.7. The molecule has 0 radical (unpaired) electrons. The van der Waals surface area contributed by atoms with Crippen LogP contribution in [0.3, 0.4) is 0 Å². The van der Waals surface area contributed by atoms with Gasteiger partial charge in [-0.05, 0) is 12.1 Å². The fraction of sp³-hybridized carbons (Fsp3) is 0.154. The number of nitrogens with zero attached hydrogens (tertiary/aromatic N) is 1. The first kappa shape index (κ1) is 15.0. The zero-order chi connectivity index (χ0) is 15.0. The van der Waals surface area contributed by atoms with E-state index in [0.717, 1.165) is 6.20 Å². The monoisotopic (exact) mass is 275 g/mol. The van der Waals surface area contributed by atoms with Crippen LogP contribution in [0.1, 0.15) is 0 Å². The molecule has 1 rings (SSSR count). The van der Waals surface area contributed by atoms with Crippen LogP contribution < -0.4 is 10.6 Å². The summed E-state index contributed by atoms with van der Waals surface area (Å²) in [6.07, 6.45) is 1.12. The minimum Gasteiger partial charge on any atom is -0.508 e. The average Bonchev–Trinajstić information content (AvgIpc) is 2.43. The lowest BCUT2D eigenvalue weighted by molar-refractivity contribution is -0.139. The number of nitriles is 1. The average molecular weight is 275 g/mol. The van der Waals surface area contributed by atoms with Crippen LogP contribution >= 0.6 is 0 Å². The highest BCUT2D eigenvalue weighted by Gasteiger charge is 2.09. The fourth-order valence-electron chi connectivity index (χ4n) is 1.24. The van der Waals surface area contributed by atoms with Gasteiger partial charge in [-0.2, -0.15) is 5.26 Å². The maximum Gasteiger partial charge on any atom is 0.325 e. The summed E-state index contributed by atoms with van der Waals surface area (Å²) in [7, 11) is 1.23. The van der Waals surface area contributed by atoms with Gasteiger partial charge in [0.15, 0.2) is 0 Å². The van der Waals surface area contributed by atoms with Gasteiger partial charge in [0, 0.05) is 18.0 Å². The lowest BCUT2D eigenvalue weighted by Gasteiger charge is -2.05. The van der Waals surface area contributed by atoms with Crippen molar-refractivity contribution in [3.63, 3.8) is 0 Å². The van der Waals surface area contributed by atoms with Crippen LogP contribution in [0.25, 0.3) is 0 Å². The molecule has 0 aliphatic heterocycles. The third-order valence-corrected chi connectivity index (χ3v) is 2.19. The van der Waals surface area contributed by atoms with Crippen LogP contribution in [-0.2, 0) is 14.3 Å². The van der Waals surface area contributed by atoms with Crippen molar-refractivity contribution in [2.45, 2.75) is 0 Å². The highest BCUT2D eigenvalue weighted by molar-refractivity contribution is 6.06. The van der Waals surface area contributed by atoms with Gasteiger partial charge in [-0.15, -0.1) is 0 Å². The minimum absolute atomic E-state index is 0.00546. The summed E-state index contributed by atoms with van der Waals surface area (Å²) in [6, 6.07) is 7.61. The summed E-state index contributed by atoms with van der Waals surface area (Å²) in [4.78, 5) is 22.6. The highest BCUT2D eigenvalue weighted by Crippen LogP contribution is 2.15. The van der Waals surface area contributed by atoms with E-state index >= 15 is 0 Å². The number of carbonyl (C=O) groups is 2. The first-order chi connectivity index (χ1) is 9.56. The van der Waals surface area contributed by atoms with Crippen LogP contribution in [0.2, 0.25) is 0 Å². The maximum absolute atomic E-state index is 11.8. The van der Waals surface area contributed by atoms with E-state index in [1.165, 1.54) is 19.2 Å². The number of hydrogen-bond acceptors (Lipinski definition) is 6. The van der Waals surface area contributed by atoms with Crippen LogP contribution in [0.4, 0.5) is 5.69 Å². The van der Waals surface area contributed by atoms with Crippen molar-refractivity contribution >= 4 is 17.6 Å². The molecule has 1 aromatic carbocycles. The molecule has 0 heterocycles. The van der Waals surface area contributed by atoms with Crippen LogP contribution in [-0.4, -0.2) is 30.6 Å². The van der Waals surface area contributed by atoms with Gasteiger partial charge in [0.25, 0.3) is 5.91 Å². The molecule has 7 heteroatoms. The Morgan fingerprint density at radius 3 is 2.85 bits per heavy atom. The van der Waals surface area contributed by atoms with Crippen molar-refractivity contribution in [3.8, 4) is 11.8 Å². The van der Waals surface area contributed by atoms with Crippen LogP contribution in [0.15, 0.2) is 36.0 Å². The van der Waals surface area contributed by atoms with E-state index < -0.39 is 11.9 Å². The topological polar surface area (TPSA) is 111 Å². The Labute approximate surface area is 115 Å². The number of ether oxygens (including phenoxy) is 1. The number of methoxy groups -OCH3 is 1. The van der Waals surface area contributed by atoms with Crippen molar-refractivity contribution in [1.82, 2.24) is 5.32 Å². The molecule has 1 aromatic rings. The first-order valence-electron chi connectivity index (χ1n) is 5.57. The van der Waals surface area contributed by atoms with E-state index in [0.29, 0.717) is 5.69 Å². The molecule has 0 aliphatic carbocycles. The Morgan fingerprint density at radius 2 is 2.25 bits per heavy atom. The summed E-state index contributed by atoms with van der Waals surface area (Å²) in [5, 5.41) is 23.1. The van der Waals surface area contributed by atoms with Gasteiger partial charge in [0.1, 0.15) is 23.9 Å².